The first-order chi connectivity index (χ1) is 9.20. The molecule has 1 aromatic heterocycles. The van der Waals surface area contributed by atoms with Gasteiger partial charge in [0.15, 0.2) is 0 Å². The molecule has 1 aliphatic rings. The molecule has 1 fully saturated rings. The summed E-state index contributed by atoms with van der Waals surface area (Å²) in [6.45, 7) is 5.59. The van der Waals surface area contributed by atoms with E-state index in [1.807, 2.05) is 13.0 Å². The quantitative estimate of drug-likeness (QED) is 0.807. The topological polar surface area (TPSA) is 41.5 Å². The first-order valence-electron chi connectivity index (χ1n) is 7.00. The molecule has 106 valence electrons. The summed E-state index contributed by atoms with van der Waals surface area (Å²) in [6, 6.07) is 2.61. The van der Waals surface area contributed by atoms with Gasteiger partial charge in [-0.1, -0.05) is 0 Å². The van der Waals surface area contributed by atoms with Gasteiger partial charge in [-0.25, -0.2) is 9.97 Å². The Morgan fingerprint density at radius 2 is 2.11 bits per heavy atom. The highest BCUT2D eigenvalue weighted by atomic mass is 16.5. The number of hydrogen-bond donors (Lipinski definition) is 0. The van der Waals surface area contributed by atoms with Crippen molar-refractivity contribution in [3.63, 3.8) is 0 Å². The predicted octanol–water partition coefficient (Wildman–Crippen LogP) is 1.54. The fourth-order valence-electron chi connectivity index (χ4n) is 2.43. The van der Waals surface area contributed by atoms with Gasteiger partial charge in [0.05, 0.1) is 12.3 Å². The van der Waals surface area contributed by atoms with E-state index >= 15 is 0 Å². The summed E-state index contributed by atoms with van der Waals surface area (Å²) in [4.78, 5) is 13.3. The highest BCUT2D eigenvalue weighted by Gasteiger charge is 2.21. The third kappa shape index (κ3) is 3.88. The van der Waals surface area contributed by atoms with E-state index in [1.54, 1.807) is 6.33 Å². The summed E-state index contributed by atoms with van der Waals surface area (Å²) < 4.78 is 5.40. The number of nitrogens with zero attached hydrogens (tertiary/aromatic N) is 4. The molecule has 0 saturated carbocycles. The zero-order chi connectivity index (χ0) is 13.7. The van der Waals surface area contributed by atoms with Gasteiger partial charge in [-0.3, -0.25) is 0 Å². The Hall–Kier alpha value is -1.20. The normalized spacial score (nSPS) is 17.6. The molecule has 0 bridgehead atoms. The van der Waals surface area contributed by atoms with Gasteiger partial charge in [0, 0.05) is 25.8 Å². The lowest BCUT2D eigenvalue weighted by Crippen LogP contribution is -2.42. The third-order valence-corrected chi connectivity index (χ3v) is 3.76. The number of hydrogen-bond acceptors (Lipinski definition) is 5. The summed E-state index contributed by atoms with van der Waals surface area (Å²) in [5, 5.41) is 0. The third-order valence-electron chi connectivity index (χ3n) is 3.76. The van der Waals surface area contributed by atoms with Crippen LogP contribution >= 0.6 is 0 Å². The van der Waals surface area contributed by atoms with Gasteiger partial charge < -0.3 is 14.5 Å². The van der Waals surface area contributed by atoms with E-state index in [-0.39, 0.29) is 0 Å². The Balaban J connectivity index is 1.99. The molecule has 1 aliphatic heterocycles. The van der Waals surface area contributed by atoms with Crippen molar-refractivity contribution in [1.29, 1.82) is 0 Å². The van der Waals surface area contributed by atoms with Gasteiger partial charge in [0.2, 0.25) is 0 Å². The van der Waals surface area contributed by atoms with Crippen molar-refractivity contribution in [3.8, 4) is 0 Å². The molecule has 5 nitrogen and oxygen atoms in total. The highest BCUT2D eigenvalue weighted by Crippen LogP contribution is 2.20. The molecule has 0 N–H and O–H groups in total. The molecule has 2 rings (SSSR count). The maximum absolute atomic E-state index is 5.40. The summed E-state index contributed by atoms with van der Waals surface area (Å²) in [7, 11) is 4.31. The van der Waals surface area contributed by atoms with Crippen molar-refractivity contribution >= 4 is 5.82 Å². The molecule has 1 saturated heterocycles. The average Bonchev–Trinajstić information content (AvgIpc) is 2.45. The second-order valence-corrected chi connectivity index (χ2v) is 5.15. The number of aromatic nitrogens is 2. The van der Waals surface area contributed by atoms with Crippen LogP contribution in [-0.2, 0) is 11.3 Å². The number of anilines is 1. The first-order valence-corrected chi connectivity index (χ1v) is 7.00. The van der Waals surface area contributed by atoms with Crippen molar-refractivity contribution in [1.82, 2.24) is 14.9 Å². The zero-order valence-electron chi connectivity index (χ0n) is 12.2. The molecule has 0 atom stereocenters. The van der Waals surface area contributed by atoms with E-state index in [1.165, 1.54) is 12.8 Å². The van der Waals surface area contributed by atoms with Crippen LogP contribution in [-0.4, -0.2) is 54.7 Å². The van der Waals surface area contributed by atoms with E-state index in [9.17, 15) is 0 Å². The summed E-state index contributed by atoms with van der Waals surface area (Å²) >= 11 is 0. The van der Waals surface area contributed by atoms with E-state index in [0.29, 0.717) is 19.3 Å². The molecule has 0 aromatic carbocycles. The van der Waals surface area contributed by atoms with Gasteiger partial charge in [0.25, 0.3) is 0 Å². The molecule has 0 amide bonds. The van der Waals surface area contributed by atoms with Crippen LogP contribution in [0.4, 0.5) is 5.82 Å². The monoisotopic (exact) mass is 264 g/mol. The Kier molecular flexibility index (Phi) is 5.10. The molecule has 19 heavy (non-hydrogen) atoms. The first kappa shape index (κ1) is 14.2. The molecule has 0 aliphatic carbocycles. The Labute approximate surface area is 115 Å². The van der Waals surface area contributed by atoms with Crippen LogP contribution in [0, 0.1) is 0 Å². The predicted molar refractivity (Wildman–Crippen MR) is 76.3 cm³/mol. The van der Waals surface area contributed by atoms with E-state index in [0.717, 1.165) is 24.6 Å². The van der Waals surface area contributed by atoms with Crippen LogP contribution in [0.25, 0.3) is 0 Å². The lowest BCUT2D eigenvalue weighted by Gasteiger charge is -2.35. The number of ether oxygens (including phenoxy) is 1. The average molecular weight is 264 g/mol. The van der Waals surface area contributed by atoms with Crippen LogP contribution in [0.15, 0.2) is 12.4 Å². The van der Waals surface area contributed by atoms with Crippen molar-refractivity contribution in [2.45, 2.75) is 32.4 Å². The highest BCUT2D eigenvalue weighted by molar-refractivity contribution is 5.39. The van der Waals surface area contributed by atoms with Gasteiger partial charge in [0.1, 0.15) is 12.1 Å². The Bertz CT molecular complexity index is 391. The molecule has 1 aromatic rings. The van der Waals surface area contributed by atoms with Crippen LogP contribution in [0.3, 0.4) is 0 Å². The molecule has 2 heterocycles. The van der Waals surface area contributed by atoms with Gasteiger partial charge >= 0.3 is 0 Å². The number of likely N-dealkylation sites (tertiary alicyclic amines) is 1. The molecular formula is C14H24N4O. The van der Waals surface area contributed by atoms with Crippen molar-refractivity contribution in [2.24, 2.45) is 0 Å². The van der Waals surface area contributed by atoms with E-state index < -0.39 is 0 Å². The Morgan fingerprint density at radius 1 is 1.37 bits per heavy atom. The SMILES string of the molecule is CCOCc1cc(N(C)C2CCN(C)CC2)ncn1. The minimum absolute atomic E-state index is 0.563. The summed E-state index contributed by atoms with van der Waals surface area (Å²) in [6.07, 6.45) is 4.02. The second-order valence-electron chi connectivity index (χ2n) is 5.15. The molecule has 0 spiro atoms. The van der Waals surface area contributed by atoms with Gasteiger partial charge in [-0.05, 0) is 39.9 Å². The molecule has 0 unspecified atom stereocenters. The van der Waals surface area contributed by atoms with E-state index in [4.69, 9.17) is 4.74 Å². The maximum atomic E-state index is 5.40. The van der Waals surface area contributed by atoms with Gasteiger partial charge in [-0.2, -0.15) is 0 Å². The van der Waals surface area contributed by atoms with Crippen molar-refractivity contribution in [3.05, 3.63) is 18.1 Å². The minimum atomic E-state index is 0.563. The lowest BCUT2D eigenvalue weighted by molar-refractivity contribution is 0.131. The fourth-order valence-corrected chi connectivity index (χ4v) is 2.43. The number of rotatable bonds is 5. The molecule has 0 radical (unpaired) electrons. The largest absolute Gasteiger partial charge is 0.375 e. The smallest absolute Gasteiger partial charge is 0.132 e. The van der Waals surface area contributed by atoms with Crippen molar-refractivity contribution in [2.75, 3.05) is 38.7 Å². The van der Waals surface area contributed by atoms with Crippen LogP contribution in [0.5, 0.6) is 0 Å². The number of piperidine rings is 1. The molecular weight excluding hydrogens is 240 g/mol. The lowest BCUT2D eigenvalue weighted by atomic mass is 10.0. The summed E-state index contributed by atoms with van der Waals surface area (Å²) in [5.74, 6) is 0.999. The van der Waals surface area contributed by atoms with Crippen LogP contribution < -0.4 is 4.90 Å². The van der Waals surface area contributed by atoms with Crippen molar-refractivity contribution < 1.29 is 4.74 Å². The Morgan fingerprint density at radius 3 is 2.79 bits per heavy atom. The van der Waals surface area contributed by atoms with E-state index in [2.05, 4.69) is 33.9 Å². The standard InChI is InChI=1S/C14H24N4O/c1-4-19-10-12-9-14(16-11-15-12)18(3)13-5-7-17(2)8-6-13/h9,11,13H,4-8,10H2,1-3H3. The van der Waals surface area contributed by atoms with Crippen LogP contribution in [0.2, 0.25) is 0 Å². The summed E-state index contributed by atoms with van der Waals surface area (Å²) in [5.41, 5.74) is 0.951. The second kappa shape index (κ2) is 6.82. The maximum Gasteiger partial charge on any atom is 0.132 e. The van der Waals surface area contributed by atoms with Crippen LogP contribution in [0.1, 0.15) is 25.5 Å². The molecule has 5 heteroatoms. The van der Waals surface area contributed by atoms with Gasteiger partial charge in [-0.15, -0.1) is 0 Å². The zero-order valence-corrected chi connectivity index (χ0v) is 12.2. The fraction of sp³-hybridized carbons (Fsp3) is 0.714. The minimum Gasteiger partial charge on any atom is -0.375 e.